The van der Waals surface area contributed by atoms with Crippen molar-refractivity contribution in [1.82, 2.24) is 10.2 Å². The zero-order chi connectivity index (χ0) is 20.4. The summed E-state index contributed by atoms with van der Waals surface area (Å²) in [5.41, 5.74) is 8.78. The van der Waals surface area contributed by atoms with Crippen LogP contribution in [0, 0.1) is 11.8 Å². The van der Waals surface area contributed by atoms with Gasteiger partial charge in [0, 0.05) is 31.0 Å². The first-order valence-corrected chi connectivity index (χ1v) is 10.0. The molecule has 3 N–H and O–H groups in total. The summed E-state index contributed by atoms with van der Waals surface area (Å²) in [7, 11) is 0. The fourth-order valence-electron chi connectivity index (χ4n) is 4.38. The van der Waals surface area contributed by atoms with Gasteiger partial charge in [0.25, 0.3) is 5.91 Å². The Hall–Kier alpha value is -2.99. The molecule has 3 atom stereocenters. The molecular weight excluding hydrogens is 366 g/mol. The average Bonchev–Trinajstić information content (AvgIpc) is 3.31. The predicted octanol–water partition coefficient (Wildman–Crippen LogP) is 1.71. The van der Waals surface area contributed by atoms with Gasteiger partial charge in [-0.3, -0.25) is 19.7 Å². The molecule has 2 aromatic rings. The van der Waals surface area contributed by atoms with Crippen molar-refractivity contribution in [2.75, 3.05) is 19.6 Å². The maximum atomic E-state index is 13.0. The minimum atomic E-state index is -0.320. The van der Waals surface area contributed by atoms with E-state index in [1.807, 2.05) is 35.2 Å². The molecule has 2 aliphatic heterocycles. The summed E-state index contributed by atoms with van der Waals surface area (Å²) in [6.45, 7) is 1.86. The molecule has 150 valence electrons. The van der Waals surface area contributed by atoms with Crippen molar-refractivity contribution in [3.8, 4) is 0 Å². The summed E-state index contributed by atoms with van der Waals surface area (Å²) >= 11 is 0. The quantitative estimate of drug-likeness (QED) is 0.759. The number of nitrogens with two attached hydrogens (primary N) is 1. The standard InChI is InChI=1S/C23H25N3O3/c24-12-19-13-26(14-20(19)16-4-2-1-3-5-16)23(29)17-8-6-15(7-9-17)10-18-11-21(27)25-22(18)28/h1-9,18-20H,10-14,24H2,(H,25,27,28)/t18?,19-,20+/m1/s1. The van der Waals surface area contributed by atoms with Crippen LogP contribution in [0.15, 0.2) is 54.6 Å². The Bertz CT molecular complexity index is 911. The van der Waals surface area contributed by atoms with Gasteiger partial charge in [-0.05, 0) is 42.1 Å². The van der Waals surface area contributed by atoms with Crippen LogP contribution in [0.25, 0.3) is 0 Å². The van der Waals surface area contributed by atoms with Crippen molar-refractivity contribution < 1.29 is 14.4 Å². The maximum absolute atomic E-state index is 13.0. The van der Waals surface area contributed by atoms with E-state index in [1.165, 1.54) is 5.56 Å². The van der Waals surface area contributed by atoms with Crippen LogP contribution in [0.5, 0.6) is 0 Å². The number of hydrogen-bond acceptors (Lipinski definition) is 4. The van der Waals surface area contributed by atoms with E-state index in [-0.39, 0.29) is 41.9 Å². The number of rotatable bonds is 5. The van der Waals surface area contributed by atoms with E-state index in [0.717, 1.165) is 5.56 Å². The van der Waals surface area contributed by atoms with Gasteiger partial charge in [-0.25, -0.2) is 0 Å². The zero-order valence-corrected chi connectivity index (χ0v) is 16.2. The van der Waals surface area contributed by atoms with Gasteiger partial charge < -0.3 is 10.6 Å². The molecule has 0 aromatic heterocycles. The topological polar surface area (TPSA) is 92.5 Å². The number of benzene rings is 2. The normalized spacial score (nSPS) is 24.0. The van der Waals surface area contributed by atoms with Crippen molar-refractivity contribution in [2.24, 2.45) is 17.6 Å². The lowest BCUT2D eigenvalue weighted by atomic mass is 9.89. The maximum Gasteiger partial charge on any atom is 0.253 e. The third kappa shape index (κ3) is 4.07. The van der Waals surface area contributed by atoms with Crippen molar-refractivity contribution >= 4 is 17.7 Å². The number of imide groups is 1. The van der Waals surface area contributed by atoms with Crippen LogP contribution in [-0.2, 0) is 16.0 Å². The van der Waals surface area contributed by atoms with Crippen LogP contribution in [-0.4, -0.2) is 42.3 Å². The Morgan fingerprint density at radius 2 is 1.76 bits per heavy atom. The smallest absolute Gasteiger partial charge is 0.253 e. The SMILES string of the molecule is NC[C@@H]1CN(C(=O)c2ccc(CC3CC(=O)NC3=O)cc2)C[C@H]1c1ccccc1. The Kier molecular flexibility index (Phi) is 5.45. The molecule has 6 heteroatoms. The lowest BCUT2D eigenvalue weighted by Gasteiger charge is -2.17. The van der Waals surface area contributed by atoms with Crippen LogP contribution in [0.3, 0.4) is 0 Å². The molecule has 2 aromatic carbocycles. The third-order valence-electron chi connectivity index (χ3n) is 6.01. The number of carbonyl (C=O) groups excluding carboxylic acids is 3. The summed E-state index contributed by atoms with van der Waals surface area (Å²) in [6, 6.07) is 17.6. The van der Waals surface area contributed by atoms with Gasteiger partial charge in [-0.1, -0.05) is 42.5 Å². The monoisotopic (exact) mass is 391 g/mol. The number of amides is 3. The summed E-state index contributed by atoms with van der Waals surface area (Å²) < 4.78 is 0. The molecule has 2 saturated heterocycles. The van der Waals surface area contributed by atoms with Crippen molar-refractivity contribution in [1.29, 1.82) is 0 Å². The number of likely N-dealkylation sites (tertiary alicyclic amines) is 1. The van der Waals surface area contributed by atoms with Crippen LogP contribution >= 0.6 is 0 Å². The fourth-order valence-corrected chi connectivity index (χ4v) is 4.38. The van der Waals surface area contributed by atoms with Crippen LogP contribution < -0.4 is 11.1 Å². The molecule has 0 saturated carbocycles. The highest BCUT2D eigenvalue weighted by atomic mass is 16.2. The summed E-state index contributed by atoms with van der Waals surface area (Å²) in [6.07, 6.45) is 0.732. The van der Waals surface area contributed by atoms with Gasteiger partial charge in [0.1, 0.15) is 0 Å². The van der Waals surface area contributed by atoms with Gasteiger partial charge in [0.05, 0.1) is 5.92 Å². The summed E-state index contributed by atoms with van der Waals surface area (Å²) in [5.74, 6) is -0.251. The number of hydrogen-bond donors (Lipinski definition) is 2. The van der Waals surface area contributed by atoms with Crippen LogP contribution in [0.2, 0.25) is 0 Å². The minimum Gasteiger partial charge on any atom is -0.338 e. The number of nitrogens with one attached hydrogen (secondary N) is 1. The number of carbonyl (C=O) groups is 3. The molecule has 0 bridgehead atoms. The van der Waals surface area contributed by atoms with E-state index in [1.54, 1.807) is 12.1 Å². The van der Waals surface area contributed by atoms with E-state index in [2.05, 4.69) is 17.4 Å². The molecule has 3 amide bonds. The molecule has 4 rings (SSSR count). The molecule has 2 heterocycles. The highest BCUT2D eigenvalue weighted by Gasteiger charge is 2.35. The highest BCUT2D eigenvalue weighted by molar-refractivity contribution is 6.03. The summed E-state index contributed by atoms with van der Waals surface area (Å²) in [4.78, 5) is 38.0. The second-order valence-electron chi connectivity index (χ2n) is 7.94. The Labute approximate surface area is 170 Å². The van der Waals surface area contributed by atoms with E-state index >= 15 is 0 Å². The van der Waals surface area contributed by atoms with Crippen LogP contribution in [0.4, 0.5) is 0 Å². The first kappa shape index (κ1) is 19.3. The second kappa shape index (κ2) is 8.17. The summed E-state index contributed by atoms with van der Waals surface area (Å²) in [5, 5.41) is 2.33. The third-order valence-corrected chi connectivity index (χ3v) is 6.01. The Morgan fingerprint density at radius 1 is 1.03 bits per heavy atom. The molecule has 0 aliphatic carbocycles. The first-order valence-electron chi connectivity index (χ1n) is 10.0. The highest BCUT2D eigenvalue weighted by Crippen LogP contribution is 2.32. The van der Waals surface area contributed by atoms with Crippen LogP contribution in [0.1, 0.15) is 33.8 Å². The van der Waals surface area contributed by atoms with Crippen molar-refractivity contribution in [2.45, 2.75) is 18.8 Å². The molecule has 29 heavy (non-hydrogen) atoms. The number of nitrogens with zero attached hydrogens (tertiary/aromatic N) is 1. The van der Waals surface area contributed by atoms with Gasteiger partial charge in [0.15, 0.2) is 0 Å². The Morgan fingerprint density at radius 3 is 2.38 bits per heavy atom. The van der Waals surface area contributed by atoms with E-state index < -0.39 is 0 Å². The average molecular weight is 391 g/mol. The molecule has 0 radical (unpaired) electrons. The van der Waals surface area contributed by atoms with Crippen molar-refractivity contribution in [3.63, 3.8) is 0 Å². The Balaban J connectivity index is 1.43. The van der Waals surface area contributed by atoms with Gasteiger partial charge in [-0.2, -0.15) is 0 Å². The molecule has 2 fully saturated rings. The van der Waals surface area contributed by atoms with E-state index in [9.17, 15) is 14.4 Å². The molecule has 0 spiro atoms. The van der Waals surface area contributed by atoms with Gasteiger partial charge in [-0.15, -0.1) is 0 Å². The fraction of sp³-hybridized carbons (Fsp3) is 0.348. The van der Waals surface area contributed by atoms with E-state index in [0.29, 0.717) is 31.6 Å². The zero-order valence-electron chi connectivity index (χ0n) is 16.2. The second-order valence-corrected chi connectivity index (χ2v) is 7.94. The van der Waals surface area contributed by atoms with Crippen molar-refractivity contribution in [3.05, 3.63) is 71.3 Å². The molecule has 6 nitrogen and oxygen atoms in total. The predicted molar refractivity (Wildman–Crippen MR) is 109 cm³/mol. The van der Waals surface area contributed by atoms with Gasteiger partial charge >= 0.3 is 0 Å². The van der Waals surface area contributed by atoms with E-state index in [4.69, 9.17) is 5.73 Å². The largest absolute Gasteiger partial charge is 0.338 e. The van der Waals surface area contributed by atoms with Gasteiger partial charge in [0.2, 0.25) is 11.8 Å². The molecule has 2 aliphatic rings. The first-order chi connectivity index (χ1) is 14.0. The lowest BCUT2D eigenvalue weighted by molar-refractivity contribution is -0.125. The minimum absolute atomic E-state index is 0.00205. The molecule has 1 unspecified atom stereocenters. The lowest BCUT2D eigenvalue weighted by Crippen LogP contribution is -2.29. The molecular formula is C23H25N3O3.